The van der Waals surface area contributed by atoms with Gasteiger partial charge in [0.25, 0.3) is 0 Å². The maximum atomic E-state index is 6.26. The Morgan fingerprint density at radius 1 is 0.694 bits per heavy atom. The first kappa shape index (κ1) is 23.5. The minimum atomic E-state index is 0. The molecule has 1 saturated carbocycles. The summed E-state index contributed by atoms with van der Waals surface area (Å²) in [5.74, 6) is 1.37. The molecule has 8 bridgehead atoms. The minimum absolute atomic E-state index is 0. The van der Waals surface area contributed by atoms with E-state index in [9.17, 15) is 0 Å². The molecule has 4 aliphatic rings. The van der Waals surface area contributed by atoms with Gasteiger partial charge in [-0.25, -0.2) is 0 Å². The first-order valence-electron chi connectivity index (χ1n) is 12.5. The summed E-state index contributed by atoms with van der Waals surface area (Å²) in [4.78, 5) is 9.51. The van der Waals surface area contributed by atoms with Gasteiger partial charge in [0, 0.05) is 40.7 Å². The SMILES string of the molecule is CC1=C(C)N2[CH-]N1c1[c-]c(ccc1)Oc1[c-]c(ccc1)N1[CH-]N(c3ccccc31)C1CCCCC12.[Pt+4]. The summed E-state index contributed by atoms with van der Waals surface area (Å²) in [6, 6.07) is 28.6. The maximum Gasteiger partial charge on any atom is 4.00 e. The molecule has 5 nitrogen and oxygen atoms in total. The standard InChI is InChI=1S/C30H28N4O.Pt/c1-21-22(2)32-19-31(21)23-9-7-11-25(17-23)35-26-12-8-10-24(18-26)33-20-34(29-15-5-3-13-27(29)32)30-16-6-4-14-28(30)33;/h4,6-12,14,16,19-20,27,29H,3,5,13,15H2,1-2H3;/q-4;+4. The van der Waals surface area contributed by atoms with Gasteiger partial charge in [0.05, 0.1) is 0 Å². The number of hydrogen-bond acceptors (Lipinski definition) is 5. The molecule has 6 heteroatoms. The van der Waals surface area contributed by atoms with Gasteiger partial charge in [-0.1, -0.05) is 25.0 Å². The van der Waals surface area contributed by atoms with Crippen LogP contribution in [0.5, 0.6) is 11.5 Å². The van der Waals surface area contributed by atoms with Crippen LogP contribution in [0, 0.1) is 25.5 Å². The van der Waals surface area contributed by atoms with Crippen molar-refractivity contribution < 1.29 is 25.8 Å². The second kappa shape index (κ2) is 9.19. The van der Waals surface area contributed by atoms with Crippen LogP contribution in [0.4, 0.5) is 22.7 Å². The van der Waals surface area contributed by atoms with Crippen molar-refractivity contribution in [2.24, 2.45) is 0 Å². The molecule has 3 aromatic rings. The quantitative estimate of drug-likeness (QED) is 0.244. The molecular formula is C30H28N4OPt. The van der Waals surface area contributed by atoms with Gasteiger partial charge in [0.2, 0.25) is 0 Å². The number of fused-ring (bicyclic) bond motifs is 16. The Hall–Kier alpha value is -2.91. The number of benzene rings is 3. The van der Waals surface area contributed by atoms with Crippen molar-refractivity contribution in [3.8, 4) is 11.5 Å². The molecule has 0 radical (unpaired) electrons. The van der Waals surface area contributed by atoms with Gasteiger partial charge in [-0.2, -0.15) is 25.5 Å². The van der Waals surface area contributed by atoms with Gasteiger partial charge in [0.1, 0.15) is 0 Å². The zero-order valence-corrected chi connectivity index (χ0v) is 22.7. The minimum Gasteiger partial charge on any atom is -0.509 e. The van der Waals surface area contributed by atoms with Crippen molar-refractivity contribution in [1.82, 2.24) is 4.90 Å². The molecule has 2 unspecified atom stereocenters. The summed E-state index contributed by atoms with van der Waals surface area (Å²) in [7, 11) is 0. The third-order valence-electron chi connectivity index (χ3n) is 7.82. The van der Waals surface area contributed by atoms with Crippen LogP contribution in [0.2, 0.25) is 0 Å². The number of anilines is 4. The van der Waals surface area contributed by atoms with Crippen LogP contribution in [0.25, 0.3) is 0 Å². The molecule has 1 aliphatic carbocycles. The normalized spacial score (nSPS) is 22.3. The Bertz CT molecular complexity index is 1320. The first-order chi connectivity index (χ1) is 17.2. The van der Waals surface area contributed by atoms with Gasteiger partial charge in [-0.3, -0.25) is 0 Å². The largest absolute Gasteiger partial charge is 4.00 e. The van der Waals surface area contributed by atoms with Gasteiger partial charge < -0.3 is 24.3 Å². The molecule has 36 heavy (non-hydrogen) atoms. The van der Waals surface area contributed by atoms with Gasteiger partial charge in [0.15, 0.2) is 0 Å². The van der Waals surface area contributed by atoms with Crippen molar-refractivity contribution in [2.75, 3.05) is 14.7 Å². The van der Waals surface area contributed by atoms with Crippen molar-refractivity contribution >= 4 is 22.7 Å². The zero-order chi connectivity index (χ0) is 23.5. The van der Waals surface area contributed by atoms with Crippen molar-refractivity contribution in [1.29, 1.82) is 0 Å². The van der Waals surface area contributed by atoms with Gasteiger partial charge >= 0.3 is 21.1 Å². The number of rotatable bonds is 0. The topological polar surface area (TPSA) is 22.2 Å². The fraction of sp³-hybridized carbons (Fsp3) is 0.267. The predicted molar refractivity (Wildman–Crippen MR) is 139 cm³/mol. The molecule has 3 aromatic carbocycles. The molecule has 0 spiro atoms. The summed E-state index contributed by atoms with van der Waals surface area (Å²) >= 11 is 0. The van der Waals surface area contributed by atoms with Crippen molar-refractivity contribution in [3.63, 3.8) is 0 Å². The third-order valence-corrected chi connectivity index (χ3v) is 7.82. The van der Waals surface area contributed by atoms with E-state index in [4.69, 9.17) is 4.74 Å². The molecule has 3 heterocycles. The molecule has 7 rings (SSSR count). The van der Waals surface area contributed by atoms with Crippen LogP contribution < -0.4 is 19.4 Å². The Kier molecular flexibility index (Phi) is 6.00. The molecule has 0 amide bonds. The van der Waals surface area contributed by atoms with E-state index in [0.29, 0.717) is 23.6 Å². The predicted octanol–water partition coefficient (Wildman–Crippen LogP) is 6.97. The smallest absolute Gasteiger partial charge is 0.509 e. The molecule has 0 N–H and O–H groups in total. The number of ether oxygens (including phenoxy) is 1. The van der Waals surface area contributed by atoms with Gasteiger partial charge in [-0.15, -0.1) is 47.8 Å². The van der Waals surface area contributed by atoms with E-state index in [1.807, 2.05) is 24.3 Å². The van der Waals surface area contributed by atoms with Crippen LogP contribution in [0.1, 0.15) is 39.5 Å². The molecule has 2 atom stereocenters. The monoisotopic (exact) mass is 655 g/mol. The molecule has 0 aromatic heterocycles. The van der Waals surface area contributed by atoms with Crippen LogP contribution in [-0.4, -0.2) is 17.0 Å². The summed E-state index contributed by atoms with van der Waals surface area (Å²) in [6.45, 7) is 8.99. The second-order valence-electron chi connectivity index (χ2n) is 9.77. The number of nitrogens with zero attached hydrogens (tertiary/aromatic N) is 4. The van der Waals surface area contributed by atoms with Crippen LogP contribution in [0.3, 0.4) is 0 Å². The van der Waals surface area contributed by atoms with Crippen LogP contribution >= 0.6 is 0 Å². The fourth-order valence-electron chi connectivity index (χ4n) is 5.96. The van der Waals surface area contributed by atoms with E-state index < -0.39 is 0 Å². The number of hydrogen-bond donors (Lipinski definition) is 0. The Morgan fingerprint density at radius 2 is 1.28 bits per heavy atom. The second-order valence-corrected chi connectivity index (χ2v) is 9.77. The van der Waals surface area contributed by atoms with E-state index in [2.05, 4.69) is 95.3 Å². The first-order valence-corrected chi connectivity index (χ1v) is 12.5. The number of para-hydroxylation sites is 2. The molecular weight excluding hydrogens is 627 g/mol. The maximum absolute atomic E-state index is 6.26. The van der Waals surface area contributed by atoms with E-state index in [0.717, 1.165) is 17.8 Å². The molecule has 184 valence electrons. The average Bonchev–Trinajstić information content (AvgIpc) is 3.42. The summed E-state index contributed by atoms with van der Waals surface area (Å²) in [5.41, 5.74) is 6.93. The van der Waals surface area contributed by atoms with E-state index in [-0.39, 0.29) is 21.1 Å². The average molecular weight is 656 g/mol. The number of allylic oxidation sites excluding steroid dienone is 2. The fourth-order valence-corrected chi connectivity index (χ4v) is 5.96. The Labute approximate surface area is 228 Å². The zero-order valence-electron chi connectivity index (χ0n) is 20.4. The molecule has 0 saturated heterocycles. The van der Waals surface area contributed by atoms with E-state index in [1.54, 1.807) is 0 Å². The summed E-state index contributed by atoms with van der Waals surface area (Å²) in [6.07, 6.45) is 4.83. The Morgan fingerprint density at radius 3 is 1.97 bits per heavy atom. The Balaban J connectivity index is 0.00000240. The summed E-state index contributed by atoms with van der Waals surface area (Å²) < 4.78 is 6.26. The molecule has 1 fully saturated rings. The van der Waals surface area contributed by atoms with E-state index in [1.165, 1.54) is 42.0 Å². The summed E-state index contributed by atoms with van der Waals surface area (Å²) in [5, 5.41) is 0. The van der Waals surface area contributed by atoms with Crippen LogP contribution in [0.15, 0.2) is 72.1 Å². The third kappa shape index (κ3) is 3.71. The molecule has 3 aliphatic heterocycles. The van der Waals surface area contributed by atoms with Crippen molar-refractivity contribution in [2.45, 2.75) is 51.6 Å². The van der Waals surface area contributed by atoms with Gasteiger partial charge in [-0.05, 0) is 44.5 Å². The van der Waals surface area contributed by atoms with Crippen molar-refractivity contribution in [3.05, 3.63) is 97.5 Å². The van der Waals surface area contributed by atoms with E-state index >= 15 is 0 Å². The van der Waals surface area contributed by atoms with Crippen LogP contribution in [-0.2, 0) is 21.1 Å².